The van der Waals surface area contributed by atoms with Crippen LogP contribution in [0.3, 0.4) is 0 Å². The average Bonchev–Trinajstić information content (AvgIpc) is 2.14. The standard InChI is InChI=1S/C13H19BrO2/c1-10(14)9-16-12-6-4-11(5-7-12)8-13(2,3)15/h4-7,10,15H,8-9H2,1-3H3. The molecule has 1 unspecified atom stereocenters. The third-order valence-electron chi connectivity index (χ3n) is 2.04. The summed E-state index contributed by atoms with van der Waals surface area (Å²) >= 11 is 3.43. The SMILES string of the molecule is CC(Br)COc1ccc(CC(C)(C)O)cc1. The van der Waals surface area contributed by atoms with Crippen molar-refractivity contribution in [3.8, 4) is 5.75 Å². The quantitative estimate of drug-likeness (QED) is 0.843. The lowest BCUT2D eigenvalue weighted by Gasteiger charge is -2.17. The Kier molecular flexibility index (Phi) is 4.81. The molecule has 1 atom stereocenters. The lowest BCUT2D eigenvalue weighted by Crippen LogP contribution is -2.21. The Balaban J connectivity index is 2.54. The summed E-state index contributed by atoms with van der Waals surface area (Å²) in [5, 5.41) is 9.68. The Morgan fingerprint density at radius 1 is 1.31 bits per heavy atom. The van der Waals surface area contributed by atoms with E-state index in [4.69, 9.17) is 4.74 Å². The molecule has 0 amide bonds. The van der Waals surface area contributed by atoms with Gasteiger partial charge in [-0.15, -0.1) is 0 Å². The van der Waals surface area contributed by atoms with E-state index >= 15 is 0 Å². The van der Waals surface area contributed by atoms with Gasteiger partial charge in [-0.1, -0.05) is 28.1 Å². The average molecular weight is 287 g/mol. The van der Waals surface area contributed by atoms with Crippen molar-refractivity contribution >= 4 is 15.9 Å². The molecule has 1 rings (SSSR count). The van der Waals surface area contributed by atoms with Crippen molar-refractivity contribution < 1.29 is 9.84 Å². The molecular formula is C13H19BrO2. The Bertz CT molecular complexity index is 312. The van der Waals surface area contributed by atoms with Crippen LogP contribution in [0.4, 0.5) is 0 Å². The maximum absolute atomic E-state index is 9.68. The molecule has 90 valence electrons. The molecule has 1 N–H and O–H groups in total. The van der Waals surface area contributed by atoms with Crippen LogP contribution < -0.4 is 4.74 Å². The molecule has 0 aliphatic heterocycles. The predicted octanol–water partition coefficient (Wildman–Crippen LogP) is 3.16. The highest BCUT2D eigenvalue weighted by molar-refractivity contribution is 9.09. The van der Waals surface area contributed by atoms with Crippen LogP contribution in [0.5, 0.6) is 5.75 Å². The lowest BCUT2D eigenvalue weighted by molar-refractivity contribution is 0.0810. The summed E-state index contributed by atoms with van der Waals surface area (Å²) in [6.07, 6.45) is 0.655. The molecule has 0 spiro atoms. The smallest absolute Gasteiger partial charge is 0.119 e. The van der Waals surface area contributed by atoms with Gasteiger partial charge in [0.2, 0.25) is 0 Å². The van der Waals surface area contributed by atoms with Crippen molar-refractivity contribution in [1.82, 2.24) is 0 Å². The topological polar surface area (TPSA) is 29.5 Å². The molecule has 1 aromatic carbocycles. The molecular weight excluding hydrogens is 268 g/mol. The third kappa shape index (κ3) is 5.52. The minimum absolute atomic E-state index is 0.351. The highest BCUT2D eigenvalue weighted by Gasteiger charge is 2.13. The first kappa shape index (κ1) is 13.5. The van der Waals surface area contributed by atoms with Crippen LogP contribution in [0.15, 0.2) is 24.3 Å². The number of hydrogen-bond acceptors (Lipinski definition) is 2. The first-order chi connectivity index (χ1) is 7.37. The predicted molar refractivity (Wildman–Crippen MR) is 70.3 cm³/mol. The van der Waals surface area contributed by atoms with E-state index in [1.54, 1.807) is 0 Å². The minimum atomic E-state index is -0.660. The van der Waals surface area contributed by atoms with Crippen molar-refractivity contribution in [3.63, 3.8) is 0 Å². The summed E-state index contributed by atoms with van der Waals surface area (Å²) in [5.41, 5.74) is 0.457. The summed E-state index contributed by atoms with van der Waals surface area (Å²) in [7, 11) is 0. The Labute approximate surface area is 106 Å². The van der Waals surface area contributed by atoms with Crippen LogP contribution >= 0.6 is 15.9 Å². The van der Waals surface area contributed by atoms with Gasteiger partial charge < -0.3 is 9.84 Å². The number of ether oxygens (including phenoxy) is 1. The normalized spacial score (nSPS) is 13.6. The molecule has 2 nitrogen and oxygen atoms in total. The number of rotatable bonds is 5. The molecule has 0 fully saturated rings. The molecule has 16 heavy (non-hydrogen) atoms. The van der Waals surface area contributed by atoms with E-state index in [0.29, 0.717) is 17.9 Å². The molecule has 0 aliphatic rings. The van der Waals surface area contributed by atoms with E-state index in [9.17, 15) is 5.11 Å². The summed E-state index contributed by atoms with van der Waals surface area (Å²) in [5.74, 6) is 0.866. The van der Waals surface area contributed by atoms with Crippen LogP contribution in [-0.2, 0) is 6.42 Å². The van der Waals surface area contributed by atoms with E-state index in [2.05, 4.69) is 15.9 Å². The Morgan fingerprint density at radius 2 is 1.88 bits per heavy atom. The molecule has 1 aromatic rings. The van der Waals surface area contributed by atoms with E-state index in [1.165, 1.54) is 0 Å². The summed E-state index contributed by atoms with van der Waals surface area (Å²) in [6.45, 7) is 6.32. The highest BCUT2D eigenvalue weighted by atomic mass is 79.9. The van der Waals surface area contributed by atoms with Gasteiger partial charge >= 0.3 is 0 Å². The largest absolute Gasteiger partial charge is 0.492 e. The number of hydrogen-bond donors (Lipinski definition) is 1. The number of aliphatic hydroxyl groups is 1. The molecule has 3 heteroatoms. The fourth-order valence-electron chi connectivity index (χ4n) is 1.41. The summed E-state index contributed by atoms with van der Waals surface area (Å²) in [4.78, 5) is 0.351. The maximum atomic E-state index is 9.68. The van der Waals surface area contributed by atoms with Gasteiger partial charge in [0, 0.05) is 11.2 Å². The molecule has 0 heterocycles. The summed E-state index contributed by atoms with van der Waals surface area (Å²) < 4.78 is 5.54. The van der Waals surface area contributed by atoms with Crippen molar-refractivity contribution in [1.29, 1.82) is 0 Å². The van der Waals surface area contributed by atoms with Crippen molar-refractivity contribution in [2.45, 2.75) is 37.6 Å². The second-order valence-corrected chi connectivity index (χ2v) is 6.29. The molecule has 0 radical (unpaired) electrons. The molecule has 0 saturated heterocycles. The number of alkyl halides is 1. The zero-order chi connectivity index (χ0) is 12.2. The van der Waals surface area contributed by atoms with Gasteiger partial charge in [0.1, 0.15) is 12.4 Å². The first-order valence-corrected chi connectivity index (χ1v) is 6.36. The fourth-order valence-corrected chi connectivity index (χ4v) is 1.55. The van der Waals surface area contributed by atoms with E-state index < -0.39 is 5.60 Å². The number of halogens is 1. The van der Waals surface area contributed by atoms with Gasteiger partial charge in [0.15, 0.2) is 0 Å². The van der Waals surface area contributed by atoms with Gasteiger partial charge in [-0.2, -0.15) is 0 Å². The van der Waals surface area contributed by atoms with E-state index in [-0.39, 0.29) is 0 Å². The van der Waals surface area contributed by atoms with Crippen molar-refractivity contribution in [3.05, 3.63) is 29.8 Å². The second-order valence-electron chi connectivity index (χ2n) is 4.72. The van der Waals surface area contributed by atoms with E-state index in [1.807, 2.05) is 45.0 Å². The van der Waals surface area contributed by atoms with Crippen LogP contribution in [0, 0.1) is 0 Å². The highest BCUT2D eigenvalue weighted by Crippen LogP contribution is 2.17. The van der Waals surface area contributed by atoms with Gasteiger partial charge in [-0.3, -0.25) is 0 Å². The Morgan fingerprint density at radius 3 is 2.31 bits per heavy atom. The van der Waals surface area contributed by atoms with Crippen LogP contribution in [-0.4, -0.2) is 22.1 Å². The molecule has 0 aromatic heterocycles. The third-order valence-corrected chi connectivity index (χ3v) is 2.30. The van der Waals surface area contributed by atoms with Gasteiger partial charge in [-0.25, -0.2) is 0 Å². The van der Waals surface area contributed by atoms with Gasteiger partial charge in [-0.05, 0) is 38.5 Å². The van der Waals surface area contributed by atoms with Gasteiger partial charge in [0.05, 0.1) is 5.60 Å². The number of benzene rings is 1. The van der Waals surface area contributed by atoms with Crippen LogP contribution in [0.1, 0.15) is 26.3 Å². The fraction of sp³-hybridized carbons (Fsp3) is 0.538. The van der Waals surface area contributed by atoms with Gasteiger partial charge in [0.25, 0.3) is 0 Å². The first-order valence-electron chi connectivity index (χ1n) is 5.45. The van der Waals surface area contributed by atoms with Crippen molar-refractivity contribution in [2.24, 2.45) is 0 Å². The lowest BCUT2D eigenvalue weighted by atomic mass is 9.99. The molecule has 0 bridgehead atoms. The monoisotopic (exact) mass is 286 g/mol. The maximum Gasteiger partial charge on any atom is 0.119 e. The zero-order valence-electron chi connectivity index (χ0n) is 10.0. The minimum Gasteiger partial charge on any atom is -0.492 e. The molecule has 0 saturated carbocycles. The summed E-state index contributed by atoms with van der Waals surface area (Å²) in [6, 6.07) is 7.87. The van der Waals surface area contributed by atoms with Crippen LogP contribution in [0.25, 0.3) is 0 Å². The zero-order valence-corrected chi connectivity index (χ0v) is 11.6. The van der Waals surface area contributed by atoms with Crippen LogP contribution in [0.2, 0.25) is 0 Å². The Hall–Kier alpha value is -0.540. The molecule has 0 aliphatic carbocycles. The van der Waals surface area contributed by atoms with Crippen molar-refractivity contribution in [2.75, 3.05) is 6.61 Å². The second kappa shape index (κ2) is 5.69. The van der Waals surface area contributed by atoms with E-state index in [0.717, 1.165) is 11.3 Å².